The molecule has 1 aliphatic heterocycles. The third-order valence-electron chi connectivity index (χ3n) is 5.16. The van der Waals surface area contributed by atoms with E-state index in [9.17, 15) is 5.21 Å². The summed E-state index contributed by atoms with van der Waals surface area (Å²) >= 11 is 0. The Morgan fingerprint density at radius 1 is 1.09 bits per heavy atom. The smallest absolute Gasteiger partial charge is 0.0458 e. The average molecular weight is 324 g/mol. The standard InChI is InChI=1S/C18H27N2O.ClH/c1-17(2)11-14(12-18(3,4)20(17)21)19-16-10-9-13-7-5-6-8-15(13)16;/h5-8,14,16,19H,9-12H2,1-4H3;1H. The maximum absolute atomic E-state index is 12.4. The van der Waals surface area contributed by atoms with Crippen LogP contribution in [-0.4, -0.2) is 22.2 Å². The maximum atomic E-state index is 12.4. The summed E-state index contributed by atoms with van der Waals surface area (Å²) in [5, 5.41) is 17.6. The van der Waals surface area contributed by atoms with Crippen molar-refractivity contribution in [2.24, 2.45) is 0 Å². The molecule has 1 fully saturated rings. The quantitative estimate of drug-likeness (QED) is 0.891. The molecule has 1 aromatic carbocycles. The van der Waals surface area contributed by atoms with Gasteiger partial charge >= 0.3 is 0 Å². The molecule has 4 heteroatoms. The number of nitrogens with zero attached hydrogens (tertiary/aromatic N) is 1. The number of halogens is 1. The van der Waals surface area contributed by atoms with E-state index in [2.05, 4.69) is 57.3 Å². The molecule has 1 N–H and O–H groups in total. The second-order valence-corrected chi connectivity index (χ2v) is 7.98. The van der Waals surface area contributed by atoms with Crippen LogP contribution in [0.25, 0.3) is 0 Å². The molecule has 1 aromatic rings. The van der Waals surface area contributed by atoms with Gasteiger partial charge in [-0.3, -0.25) is 0 Å². The first-order valence-corrected chi connectivity index (χ1v) is 8.11. The predicted molar refractivity (Wildman–Crippen MR) is 91.6 cm³/mol. The lowest BCUT2D eigenvalue weighted by atomic mass is 9.78. The fourth-order valence-electron chi connectivity index (χ4n) is 4.40. The molecular formula is C18H28ClN2O. The first kappa shape index (κ1) is 17.7. The lowest BCUT2D eigenvalue weighted by Gasteiger charge is -2.50. The number of piperidine rings is 1. The predicted octanol–water partition coefficient (Wildman–Crippen LogP) is 4.05. The van der Waals surface area contributed by atoms with Crippen LogP contribution in [-0.2, 0) is 11.6 Å². The lowest BCUT2D eigenvalue weighted by molar-refractivity contribution is -0.290. The Labute approximate surface area is 140 Å². The van der Waals surface area contributed by atoms with Crippen LogP contribution in [0.15, 0.2) is 24.3 Å². The first-order chi connectivity index (χ1) is 9.79. The summed E-state index contributed by atoms with van der Waals surface area (Å²) in [7, 11) is 0. The topological polar surface area (TPSA) is 35.2 Å². The molecule has 1 unspecified atom stereocenters. The summed E-state index contributed by atoms with van der Waals surface area (Å²) in [6.07, 6.45) is 4.18. The zero-order valence-electron chi connectivity index (χ0n) is 14.1. The van der Waals surface area contributed by atoms with Crippen molar-refractivity contribution in [3.05, 3.63) is 35.4 Å². The highest BCUT2D eigenvalue weighted by Gasteiger charge is 2.46. The molecule has 1 radical (unpaired) electrons. The summed E-state index contributed by atoms with van der Waals surface area (Å²) in [5.74, 6) is 0. The van der Waals surface area contributed by atoms with Crippen LogP contribution < -0.4 is 5.32 Å². The molecule has 1 heterocycles. The van der Waals surface area contributed by atoms with E-state index in [-0.39, 0.29) is 23.5 Å². The van der Waals surface area contributed by atoms with E-state index >= 15 is 0 Å². The van der Waals surface area contributed by atoms with Crippen molar-refractivity contribution in [2.75, 3.05) is 0 Å². The van der Waals surface area contributed by atoms with E-state index in [0.717, 1.165) is 12.8 Å². The normalized spacial score (nSPS) is 27.2. The molecule has 123 valence electrons. The third kappa shape index (κ3) is 3.18. The van der Waals surface area contributed by atoms with E-state index in [1.54, 1.807) is 0 Å². The van der Waals surface area contributed by atoms with Crippen molar-refractivity contribution >= 4 is 12.4 Å². The number of aryl methyl sites for hydroxylation is 1. The third-order valence-corrected chi connectivity index (χ3v) is 5.16. The van der Waals surface area contributed by atoms with Gasteiger partial charge in [-0.1, -0.05) is 24.3 Å². The number of fused-ring (bicyclic) bond motifs is 1. The number of hydrogen-bond donors (Lipinski definition) is 1. The molecular weight excluding hydrogens is 296 g/mol. The molecule has 0 aromatic heterocycles. The molecule has 1 saturated heterocycles. The SMILES string of the molecule is CC1(C)CC(NC2CCc3ccccc32)CC(C)(C)N1[O].Cl. The Hall–Kier alpha value is -0.610. The molecule has 22 heavy (non-hydrogen) atoms. The van der Waals surface area contributed by atoms with Gasteiger partial charge in [-0.15, -0.1) is 22.7 Å². The second-order valence-electron chi connectivity index (χ2n) is 7.98. The van der Waals surface area contributed by atoms with Crippen LogP contribution in [0.4, 0.5) is 0 Å². The van der Waals surface area contributed by atoms with Gasteiger partial charge in [0.25, 0.3) is 0 Å². The minimum atomic E-state index is -0.294. The van der Waals surface area contributed by atoms with Crippen LogP contribution in [0.1, 0.15) is 64.1 Å². The molecule has 0 amide bonds. The van der Waals surface area contributed by atoms with Gasteiger partial charge in [0.2, 0.25) is 0 Å². The Morgan fingerprint density at radius 3 is 2.32 bits per heavy atom. The fraction of sp³-hybridized carbons (Fsp3) is 0.667. The molecule has 0 bridgehead atoms. The molecule has 0 saturated carbocycles. The minimum absolute atomic E-state index is 0. The summed E-state index contributed by atoms with van der Waals surface area (Å²) in [5.41, 5.74) is 2.35. The van der Waals surface area contributed by atoms with Crippen molar-refractivity contribution in [2.45, 2.75) is 76.5 Å². The van der Waals surface area contributed by atoms with Crippen molar-refractivity contribution < 1.29 is 5.21 Å². The maximum Gasteiger partial charge on any atom is 0.0458 e. The molecule has 3 rings (SSSR count). The van der Waals surface area contributed by atoms with Gasteiger partial charge in [-0.05, 0) is 64.5 Å². The molecule has 2 aliphatic rings. The van der Waals surface area contributed by atoms with Crippen molar-refractivity contribution in [3.8, 4) is 0 Å². The van der Waals surface area contributed by atoms with Gasteiger partial charge in [0.05, 0.1) is 0 Å². The zero-order valence-corrected chi connectivity index (χ0v) is 14.9. The van der Waals surface area contributed by atoms with Crippen molar-refractivity contribution in [3.63, 3.8) is 0 Å². The minimum Gasteiger partial charge on any atom is -0.307 e. The van der Waals surface area contributed by atoms with Gasteiger partial charge in [-0.25, -0.2) is 0 Å². The van der Waals surface area contributed by atoms with Crippen LogP contribution in [0, 0.1) is 0 Å². The Morgan fingerprint density at radius 2 is 1.68 bits per heavy atom. The number of hydroxylamine groups is 2. The molecule has 3 nitrogen and oxygen atoms in total. The lowest BCUT2D eigenvalue weighted by Crippen LogP contribution is -2.62. The highest BCUT2D eigenvalue weighted by Crippen LogP contribution is 2.39. The van der Waals surface area contributed by atoms with Gasteiger partial charge < -0.3 is 5.32 Å². The highest BCUT2D eigenvalue weighted by atomic mass is 35.5. The van der Waals surface area contributed by atoms with E-state index in [0.29, 0.717) is 12.1 Å². The van der Waals surface area contributed by atoms with E-state index in [1.165, 1.54) is 29.0 Å². The van der Waals surface area contributed by atoms with Gasteiger partial charge in [0.1, 0.15) is 0 Å². The van der Waals surface area contributed by atoms with E-state index in [4.69, 9.17) is 0 Å². The van der Waals surface area contributed by atoms with Crippen LogP contribution in [0.5, 0.6) is 0 Å². The van der Waals surface area contributed by atoms with E-state index < -0.39 is 0 Å². The number of benzene rings is 1. The Bertz CT molecular complexity index is 512. The van der Waals surface area contributed by atoms with Crippen LogP contribution in [0.3, 0.4) is 0 Å². The van der Waals surface area contributed by atoms with Gasteiger partial charge in [0, 0.05) is 23.2 Å². The monoisotopic (exact) mass is 323 g/mol. The molecule has 0 spiro atoms. The first-order valence-electron chi connectivity index (χ1n) is 8.11. The van der Waals surface area contributed by atoms with Crippen LogP contribution >= 0.6 is 12.4 Å². The number of hydrogen-bond acceptors (Lipinski definition) is 2. The summed E-state index contributed by atoms with van der Waals surface area (Å²) in [6, 6.07) is 9.62. The number of rotatable bonds is 2. The summed E-state index contributed by atoms with van der Waals surface area (Å²) < 4.78 is 0. The molecule has 1 aliphatic carbocycles. The molecule has 1 atom stereocenters. The van der Waals surface area contributed by atoms with Crippen molar-refractivity contribution in [1.29, 1.82) is 0 Å². The Balaban J connectivity index is 0.00000176. The largest absolute Gasteiger partial charge is 0.307 e. The fourth-order valence-corrected chi connectivity index (χ4v) is 4.40. The van der Waals surface area contributed by atoms with Gasteiger partial charge in [0.15, 0.2) is 0 Å². The summed E-state index contributed by atoms with van der Waals surface area (Å²) in [6.45, 7) is 8.27. The van der Waals surface area contributed by atoms with Crippen LogP contribution in [0.2, 0.25) is 0 Å². The van der Waals surface area contributed by atoms with Crippen molar-refractivity contribution in [1.82, 2.24) is 10.4 Å². The highest BCUT2D eigenvalue weighted by molar-refractivity contribution is 5.85. The zero-order chi connectivity index (χ0) is 15.3. The van der Waals surface area contributed by atoms with E-state index in [1.807, 2.05) is 0 Å². The average Bonchev–Trinajstić information content (AvgIpc) is 2.79. The Kier molecular flexibility index (Phi) is 4.94. The second kappa shape index (κ2) is 6.12. The summed E-state index contributed by atoms with van der Waals surface area (Å²) in [4.78, 5) is 0. The number of nitrogens with one attached hydrogen (secondary N) is 1. The van der Waals surface area contributed by atoms with Gasteiger partial charge in [-0.2, -0.15) is 0 Å².